The van der Waals surface area contributed by atoms with E-state index in [1.807, 2.05) is 59.7 Å². The average molecular weight is 400 g/mol. The number of fused-ring (bicyclic) bond motifs is 1. The first kappa shape index (κ1) is 20.7. The summed E-state index contributed by atoms with van der Waals surface area (Å²) in [5.74, 6) is 0. The lowest BCUT2D eigenvalue weighted by atomic mass is 9.76. The molecular weight excluding hydrogens is 375 g/mol. The normalized spacial score (nSPS) is 18.2. The van der Waals surface area contributed by atoms with Crippen molar-refractivity contribution in [3.63, 3.8) is 0 Å². The Morgan fingerprint density at radius 3 is 2.43 bits per heavy atom. The molecule has 0 atom stereocenters. The molecule has 0 radical (unpaired) electrons. The van der Waals surface area contributed by atoms with Gasteiger partial charge in [0.1, 0.15) is 6.07 Å². The van der Waals surface area contributed by atoms with E-state index in [9.17, 15) is 10.1 Å². The molecule has 3 rings (SSSR count). The number of nitrogens with one attached hydrogen (secondary N) is 1. The van der Waals surface area contributed by atoms with E-state index in [-0.39, 0.29) is 0 Å². The van der Waals surface area contributed by atoms with Crippen LogP contribution in [-0.4, -0.2) is 35.1 Å². The van der Waals surface area contributed by atoms with Crippen molar-refractivity contribution in [3.05, 3.63) is 28.6 Å². The average Bonchev–Trinajstić information content (AvgIpc) is 2.98. The van der Waals surface area contributed by atoms with Crippen molar-refractivity contribution in [2.24, 2.45) is 0 Å². The van der Waals surface area contributed by atoms with Crippen LogP contribution >= 0.6 is 11.3 Å². The minimum absolute atomic E-state index is 0.421. The van der Waals surface area contributed by atoms with Crippen LogP contribution in [0.3, 0.4) is 0 Å². The summed E-state index contributed by atoms with van der Waals surface area (Å²) in [6.07, 6.45) is -0.660. The van der Waals surface area contributed by atoms with Gasteiger partial charge in [-0.05, 0) is 53.1 Å². The van der Waals surface area contributed by atoms with Crippen LogP contribution in [0.25, 0.3) is 10.1 Å². The highest BCUT2D eigenvalue weighted by Crippen LogP contribution is 2.38. The first-order valence-electron chi connectivity index (χ1n) is 9.18. The fourth-order valence-corrected chi connectivity index (χ4v) is 4.78. The minimum atomic E-state index is -1.08. The second-order valence-electron chi connectivity index (χ2n) is 8.81. The lowest BCUT2D eigenvalue weighted by Gasteiger charge is -2.32. The van der Waals surface area contributed by atoms with Crippen LogP contribution in [-0.2, 0) is 15.7 Å². The molecule has 148 valence electrons. The van der Waals surface area contributed by atoms with Crippen molar-refractivity contribution >= 4 is 40.1 Å². The molecule has 1 aromatic heterocycles. The number of nitrogens with zero attached hydrogens (tertiary/aromatic N) is 1. The zero-order valence-electron chi connectivity index (χ0n) is 17.0. The molecule has 2 heterocycles. The van der Waals surface area contributed by atoms with Crippen LogP contribution in [0.5, 0.6) is 0 Å². The Bertz CT molecular complexity index is 958. The number of carbonyl (C=O) groups is 1. The SMILES string of the molecule is CC(C)(Cc1sc2cccc(B3OC(C)(C)C(C)(C)O3)c2c1C#N)NC(=O)O. The quantitative estimate of drug-likeness (QED) is 0.765. The molecule has 8 heteroatoms. The van der Waals surface area contributed by atoms with Crippen molar-refractivity contribution in [1.82, 2.24) is 5.32 Å². The molecular formula is C20H25BN2O4S. The maximum absolute atomic E-state index is 11.1. The van der Waals surface area contributed by atoms with E-state index in [1.54, 1.807) is 0 Å². The Labute approximate surface area is 169 Å². The summed E-state index contributed by atoms with van der Waals surface area (Å²) in [7, 11) is -0.562. The van der Waals surface area contributed by atoms with E-state index >= 15 is 0 Å². The highest BCUT2D eigenvalue weighted by molar-refractivity contribution is 7.19. The topological polar surface area (TPSA) is 91.6 Å². The smallest absolute Gasteiger partial charge is 0.465 e. The number of hydrogen-bond donors (Lipinski definition) is 2. The molecule has 2 N–H and O–H groups in total. The Hall–Kier alpha value is -2.08. The maximum atomic E-state index is 11.1. The monoisotopic (exact) mass is 400 g/mol. The van der Waals surface area contributed by atoms with Gasteiger partial charge >= 0.3 is 13.2 Å². The highest BCUT2D eigenvalue weighted by atomic mass is 32.1. The van der Waals surface area contributed by atoms with E-state index in [0.29, 0.717) is 12.0 Å². The predicted molar refractivity (Wildman–Crippen MR) is 111 cm³/mol. The molecule has 6 nitrogen and oxygen atoms in total. The van der Waals surface area contributed by atoms with Crippen LogP contribution in [0, 0.1) is 11.3 Å². The molecule has 1 fully saturated rings. The Morgan fingerprint density at radius 1 is 1.29 bits per heavy atom. The largest absolute Gasteiger partial charge is 0.495 e. The van der Waals surface area contributed by atoms with Crippen LogP contribution in [0.1, 0.15) is 52.0 Å². The zero-order valence-corrected chi connectivity index (χ0v) is 17.9. The zero-order chi connectivity index (χ0) is 20.9. The lowest BCUT2D eigenvalue weighted by molar-refractivity contribution is 0.00578. The van der Waals surface area contributed by atoms with Crippen LogP contribution < -0.4 is 10.8 Å². The molecule has 1 saturated heterocycles. The summed E-state index contributed by atoms with van der Waals surface area (Å²) in [6, 6.07) is 8.16. The lowest BCUT2D eigenvalue weighted by Crippen LogP contribution is -2.44. The fourth-order valence-electron chi connectivity index (χ4n) is 3.37. The van der Waals surface area contributed by atoms with Crippen molar-refractivity contribution in [1.29, 1.82) is 5.26 Å². The summed E-state index contributed by atoms with van der Waals surface area (Å²) >= 11 is 1.51. The highest BCUT2D eigenvalue weighted by Gasteiger charge is 2.52. The van der Waals surface area contributed by atoms with Crippen molar-refractivity contribution < 1.29 is 19.2 Å². The van der Waals surface area contributed by atoms with Gasteiger partial charge in [0, 0.05) is 26.9 Å². The second-order valence-corrected chi connectivity index (χ2v) is 9.95. The van der Waals surface area contributed by atoms with E-state index in [0.717, 1.165) is 20.4 Å². The molecule has 0 bridgehead atoms. The molecule has 28 heavy (non-hydrogen) atoms. The molecule has 0 spiro atoms. The standard InChI is InChI=1S/C20H25BN2O4S/c1-18(2,23-17(24)25)10-15-12(11-22)16-13(8-7-9-14(16)28-15)21-26-19(3,4)20(5,6)27-21/h7-9,23H,10H2,1-6H3,(H,24,25). The molecule has 1 aliphatic rings. The number of carboxylic acid groups (broad SMARTS) is 1. The van der Waals surface area contributed by atoms with Crippen molar-refractivity contribution in [2.75, 3.05) is 0 Å². The van der Waals surface area contributed by atoms with E-state index < -0.39 is 30.0 Å². The molecule has 0 aliphatic carbocycles. The summed E-state index contributed by atoms with van der Waals surface area (Å²) in [6.45, 7) is 11.6. The van der Waals surface area contributed by atoms with Gasteiger partial charge in [0.05, 0.1) is 16.8 Å². The number of benzene rings is 1. The first-order chi connectivity index (χ1) is 12.9. The van der Waals surface area contributed by atoms with Crippen LogP contribution in [0.2, 0.25) is 0 Å². The number of rotatable bonds is 4. The third-order valence-electron chi connectivity index (χ3n) is 5.49. The van der Waals surface area contributed by atoms with Crippen molar-refractivity contribution in [2.45, 2.75) is 64.7 Å². The third kappa shape index (κ3) is 3.62. The molecule has 0 saturated carbocycles. The van der Waals surface area contributed by atoms with Gasteiger partial charge in [-0.15, -0.1) is 11.3 Å². The van der Waals surface area contributed by atoms with Gasteiger partial charge in [0.2, 0.25) is 0 Å². The predicted octanol–water partition coefficient (Wildman–Crippen LogP) is 3.66. The maximum Gasteiger partial charge on any atom is 0.495 e. The van der Waals surface area contributed by atoms with Gasteiger partial charge in [-0.1, -0.05) is 12.1 Å². The third-order valence-corrected chi connectivity index (χ3v) is 6.64. The second kappa shape index (κ2) is 6.76. The Morgan fingerprint density at radius 2 is 1.89 bits per heavy atom. The van der Waals surface area contributed by atoms with E-state index in [1.165, 1.54) is 11.3 Å². The van der Waals surface area contributed by atoms with Crippen molar-refractivity contribution in [3.8, 4) is 6.07 Å². The molecule has 2 aromatic rings. The van der Waals surface area contributed by atoms with Gasteiger partial charge in [-0.2, -0.15) is 5.26 Å². The summed E-state index contributed by atoms with van der Waals surface area (Å²) < 4.78 is 13.4. The van der Waals surface area contributed by atoms with Gasteiger partial charge in [0.25, 0.3) is 0 Å². The molecule has 1 amide bonds. The number of nitriles is 1. The number of amides is 1. The van der Waals surface area contributed by atoms with Gasteiger partial charge in [0.15, 0.2) is 0 Å². The van der Waals surface area contributed by atoms with E-state index in [4.69, 9.17) is 14.4 Å². The molecule has 0 unspecified atom stereocenters. The minimum Gasteiger partial charge on any atom is -0.465 e. The molecule has 1 aliphatic heterocycles. The fraction of sp³-hybridized carbons (Fsp3) is 0.500. The number of thiophene rings is 1. The number of hydrogen-bond acceptors (Lipinski definition) is 5. The van der Waals surface area contributed by atoms with Gasteiger partial charge in [-0.3, -0.25) is 0 Å². The summed E-state index contributed by atoms with van der Waals surface area (Å²) in [4.78, 5) is 11.9. The Kier molecular flexibility index (Phi) is 4.99. The summed E-state index contributed by atoms with van der Waals surface area (Å²) in [5.41, 5.74) is -0.245. The van der Waals surface area contributed by atoms with Crippen LogP contribution in [0.4, 0.5) is 4.79 Å². The van der Waals surface area contributed by atoms with E-state index in [2.05, 4.69) is 11.4 Å². The summed E-state index contributed by atoms with van der Waals surface area (Å²) in [5, 5.41) is 22.3. The first-order valence-corrected chi connectivity index (χ1v) is 10.00. The van der Waals surface area contributed by atoms with Gasteiger partial charge < -0.3 is 19.7 Å². The van der Waals surface area contributed by atoms with Crippen LogP contribution in [0.15, 0.2) is 18.2 Å². The van der Waals surface area contributed by atoms with Gasteiger partial charge in [-0.25, -0.2) is 4.79 Å². The molecule has 1 aromatic carbocycles. The Balaban J connectivity index is 2.07.